The predicted octanol–water partition coefficient (Wildman–Crippen LogP) is 2.25. The Morgan fingerprint density at radius 1 is 1.32 bits per heavy atom. The molecule has 102 valence electrons. The highest BCUT2D eigenvalue weighted by atomic mass is 16.3. The lowest BCUT2D eigenvalue weighted by atomic mass is 10.1. The highest BCUT2D eigenvalue weighted by molar-refractivity contribution is 5.62. The van der Waals surface area contributed by atoms with Gasteiger partial charge >= 0.3 is 0 Å². The zero-order valence-corrected chi connectivity index (χ0v) is 11.5. The summed E-state index contributed by atoms with van der Waals surface area (Å²) in [5.74, 6) is 0. The van der Waals surface area contributed by atoms with E-state index in [9.17, 15) is 5.11 Å². The van der Waals surface area contributed by atoms with E-state index < -0.39 is 0 Å². The molecule has 0 fully saturated rings. The maximum atomic E-state index is 9.21. The summed E-state index contributed by atoms with van der Waals surface area (Å²) in [6.07, 6.45) is 2.36. The van der Waals surface area contributed by atoms with Crippen molar-refractivity contribution in [3.63, 3.8) is 0 Å². The van der Waals surface area contributed by atoms with Crippen LogP contribution in [0.4, 0.5) is 0 Å². The zero-order chi connectivity index (χ0) is 13.7. The average molecular weight is 259 g/mol. The maximum Gasteiger partial charge on any atom is 0.0695 e. The molecule has 1 atom stereocenters. The fourth-order valence-electron chi connectivity index (χ4n) is 1.95. The molecule has 0 saturated carbocycles. The highest BCUT2D eigenvalue weighted by Crippen LogP contribution is 2.21. The summed E-state index contributed by atoms with van der Waals surface area (Å²) in [4.78, 5) is 0. The smallest absolute Gasteiger partial charge is 0.0695 e. The van der Waals surface area contributed by atoms with Crippen LogP contribution in [-0.2, 0) is 6.54 Å². The van der Waals surface area contributed by atoms with Crippen molar-refractivity contribution in [3.05, 3.63) is 41.6 Å². The third-order valence-corrected chi connectivity index (χ3v) is 3.11. The van der Waals surface area contributed by atoms with E-state index in [1.54, 1.807) is 6.92 Å². The standard InChI is InChI=1S/C15H21N3O/c1-11-3-5-13(6-4-11)15-14(10-17-18-15)9-16-8-7-12(2)19/h3-6,10,12,16,19H,7-9H2,1-2H3,(H,17,18). The first-order chi connectivity index (χ1) is 9.16. The van der Waals surface area contributed by atoms with Gasteiger partial charge in [0.05, 0.1) is 18.0 Å². The Morgan fingerprint density at radius 2 is 2.05 bits per heavy atom. The van der Waals surface area contributed by atoms with E-state index in [4.69, 9.17) is 0 Å². The Balaban J connectivity index is 1.99. The Labute approximate surface area is 113 Å². The summed E-state index contributed by atoms with van der Waals surface area (Å²) in [6.45, 7) is 5.44. The van der Waals surface area contributed by atoms with Gasteiger partial charge in [-0.3, -0.25) is 5.10 Å². The molecular formula is C15H21N3O. The number of aliphatic hydroxyl groups excluding tert-OH is 1. The number of aromatic nitrogens is 2. The molecule has 0 saturated heterocycles. The van der Waals surface area contributed by atoms with Crippen molar-refractivity contribution in [1.82, 2.24) is 15.5 Å². The number of nitrogens with one attached hydrogen (secondary N) is 2. The molecule has 19 heavy (non-hydrogen) atoms. The van der Waals surface area contributed by atoms with E-state index >= 15 is 0 Å². The van der Waals surface area contributed by atoms with Gasteiger partial charge in [-0.2, -0.15) is 5.10 Å². The highest BCUT2D eigenvalue weighted by Gasteiger charge is 2.07. The third-order valence-electron chi connectivity index (χ3n) is 3.11. The lowest BCUT2D eigenvalue weighted by molar-refractivity contribution is 0.183. The first-order valence-electron chi connectivity index (χ1n) is 6.65. The van der Waals surface area contributed by atoms with Crippen molar-refractivity contribution in [2.24, 2.45) is 0 Å². The minimum atomic E-state index is -0.256. The van der Waals surface area contributed by atoms with E-state index in [0.717, 1.165) is 36.3 Å². The number of H-pyrrole nitrogens is 1. The number of hydrogen-bond acceptors (Lipinski definition) is 3. The molecule has 0 radical (unpaired) electrons. The number of aromatic amines is 1. The first kappa shape index (κ1) is 13.8. The van der Waals surface area contributed by atoms with Gasteiger partial charge in [0.1, 0.15) is 0 Å². The zero-order valence-electron chi connectivity index (χ0n) is 11.5. The average Bonchev–Trinajstić information content (AvgIpc) is 2.84. The van der Waals surface area contributed by atoms with Crippen molar-refractivity contribution in [2.45, 2.75) is 32.9 Å². The molecule has 1 heterocycles. The van der Waals surface area contributed by atoms with Crippen LogP contribution in [0.15, 0.2) is 30.5 Å². The third kappa shape index (κ3) is 3.91. The van der Waals surface area contributed by atoms with Gasteiger partial charge in [0.2, 0.25) is 0 Å². The molecule has 0 aliphatic rings. The monoisotopic (exact) mass is 259 g/mol. The lowest BCUT2D eigenvalue weighted by Gasteiger charge is -2.07. The lowest BCUT2D eigenvalue weighted by Crippen LogP contribution is -2.18. The molecule has 1 aromatic carbocycles. The summed E-state index contributed by atoms with van der Waals surface area (Å²) in [7, 11) is 0. The van der Waals surface area contributed by atoms with Crippen molar-refractivity contribution < 1.29 is 5.11 Å². The predicted molar refractivity (Wildman–Crippen MR) is 76.8 cm³/mol. The molecule has 2 rings (SSSR count). The Bertz CT molecular complexity index is 502. The fraction of sp³-hybridized carbons (Fsp3) is 0.400. The van der Waals surface area contributed by atoms with Crippen LogP contribution in [0.25, 0.3) is 11.3 Å². The quantitative estimate of drug-likeness (QED) is 0.697. The number of aliphatic hydroxyl groups is 1. The largest absolute Gasteiger partial charge is 0.393 e. The molecule has 3 N–H and O–H groups in total. The van der Waals surface area contributed by atoms with Gasteiger partial charge < -0.3 is 10.4 Å². The molecule has 0 aliphatic heterocycles. The molecule has 0 amide bonds. The summed E-state index contributed by atoms with van der Waals surface area (Å²) in [5.41, 5.74) is 4.61. The molecule has 0 spiro atoms. The molecule has 2 aromatic rings. The van der Waals surface area contributed by atoms with Crippen molar-refractivity contribution >= 4 is 0 Å². The van der Waals surface area contributed by atoms with E-state index in [0.29, 0.717) is 0 Å². The molecule has 4 heteroatoms. The molecule has 1 unspecified atom stereocenters. The van der Waals surface area contributed by atoms with Gasteiger partial charge in [0.25, 0.3) is 0 Å². The number of hydrogen-bond donors (Lipinski definition) is 3. The van der Waals surface area contributed by atoms with Gasteiger partial charge in [0, 0.05) is 12.1 Å². The second-order valence-corrected chi connectivity index (χ2v) is 4.95. The number of aryl methyl sites for hydroxylation is 1. The number of benzene rings is 1. The second kappa shape index (κ2) is 6.50. The van der Waals surface area contributed by atoms with Crippen molar-refractivity contribution in [3.8, 4) is 11.3 Å². The Hall–Kier alpha value is -1.65. The van der Waals surface area contributed by atoms with Crippen molar-refractivity contribution in [1.29, 1.82) is 0 Å². The van der Waals surface area contributed by atoms with E-state index in [-0.39, 0.29) is 6.10 Å². The Kier molecular flexibility index (Phi) is 4.71. The fourth-order valence-corrected chi connectivity index (χ4v) is 1.95. The SMILES string of the molecule is Cc1ccc(-c2[nH]ncc2CNCCC(C)O)cc1. The number of nitrogens with zero attached hydrogens (tertiary/aromatic N) is 1. The van der Waals surface area contributed by atoms with Gasteiger partial charge in [-0.1, -0.05) is 29.8 Å². The summed E-state index contributed by atoms with van der Waals surface area (Å²) >= 11 is 0. The van der Waals surface area contributed by atoms with Crippen LogP contribution in [0.1, 0.15) is 24.5 Å². The normalized spacial score (nSPS) is 12.6. The van der Waals surface area contributed by atoms with Crippen LogP contribution >= 0.6 is 0 Å². The van der Waals surface area contributed by atoms with Crippen LogP contribution in [0.2, 0.25) is 0 Å². The van der Waals surface area contributed by atoms with Gasteiger partial charge in [0.15, 0.2) is 0 Å². The first-order valence-corrected chi connectivity index (χ1v) is 6.65. The van der Waals surface area contributed by atoms with Gasteiger partial charge in [-0.25, -0.2) is 0 Å². The van der Waals surface area contributed by atoms with Crippen LogP contribution in [0, 0.1) is 6.92 Å². The topological polar surface area (TPSA) is 60.9 Å². The molecular weight excluding hydrogens is 238 g/mol. The maximum absolute atomic E-state index is 9.21. The minimum Gasteiger partial charge on any atom is -0.393 e. The van der Waals surface area contributed by atoms with Crippen molar-refractivity contribution in [2.75, 3.05) is 6.54 Å². The summed E-state index contributed by atoms with van der Waals surface area (Å²) in [5, 5.41) is 19.7. The van der Waals surface area contributed by atoms with Crippen LogP contribution < -0.4 is 5.32 Å². The van der Waals surface area contributed by atoms with Crippen LogP contribution in [0.3, 0.4) is 0 Å². The van der Waals surface area contributed by atoms with E-state index in [1.807, 2.05) is 6.20 Å². The molecule has 0 aliphatic carbocycles. The molecule has 4 nitrogen and oxygen atoms in total. The second-order valence-electron chi connectivity index (χ2n) is 4.95. The van der Waals surface area contributed by atoms with E-state index in [1.165, 1.54) is 5.56 Å². The van der Waals surface area contributed by atoms with Gasteiger partial charge in [-0.15, -0.1) is 0 Å². The van der Waals surface area contributed by atoms with E-state index in [2.05, 4.69) is 46.7 Å². The molecule has 1 aromatic heterocycles. The number of rotatable bonds is 6. The van der Waals surface area contributed by atoms with Crippen LogP contribution in [0.5, 0.6) is 0 Å². The molecule has 0 bridgehead atoms. The minimum absolute atomic E-state index is 0.256. The summed E-state index contributed by atoms with van der Waals surface area (Å²) in [6, 6.07) is 8.39. The van der Waals surface area contributed by atoms with Gasteiger partial charge in [-0.05, 0) is 32.4 Å². The van der Waals surface area contributed by atoms with Crippen LogP contribution in [-0.4, -0.2) is 28.0 Å². The summed E-state index contributed by atoms with van der Waals surface area (Å²) < 4.78 is 0. The Morgan fingerprint density at radius 3 is 2.74 bits per heavy atom.